The minimum absolute atomic E-state index is 0. The molecule has 0 spiro atoms. The lowest BCUT2D eigenvalue weighted by atomic mass is 10.2. The van der Waals surface area contributed by atoms with E-state index in [0.717, 1.165) is 12.1 Å². The minimum atomic E-state index is 0. The van der Waals surface area contributed by atoms with Crippen molar-refractivity contribution in [2.75, 3.05) is 13.1 Å². The van der Waals surface area contributed by atoms with Gasteiger partial charge in [0.25, 0.3) is 0 Å². The Bertz CT molecular complexity index is 107. The van der Waals surface area contributed by atoms with E-state index in [9.17, 15) is 0 Å². The second-order valence-electron chi connectivity index (χ2n) is 3.84. The fourth-order valence-electron chi connectivity index (χ4n) is 2.22. The third-order valence-electron chi connectivity index (χ3n) is 2.89. The number of hydrogen-bond acceptors (Lipinski definition) is 2. The second-order valence-corrected chi connectivity index (χ2v) is 3.84. The summed E-state index contributed by atoms with van der Waals surface area (Å²) in [6, 6.07) is 1.62. The molecule has 13 heavy (non-hydrogen) atoms. The molecule has 2 fully saturated rings. The van der Waals surface area contributed by atoms with E-state index in [0.29, 0.717) is 0 Å². The van der Waals surface area contributed by atoms with Crippen LogP contribution in [0.4, 0.5) is 0 Å². The van der Waals surface area contributed by atoms with Crippen LogP contribution in [0.2, 0.25) is 0 Å². The molecule has 2 N–H and O–H groups in total. The SMILES string of the molecule is C1CCC(N[C@@H]2CCNC2)C1.Cl.Cl. The fourth-order valence-corrected chi connectivity index (χ4v) is 2.22. The van der Waals surface area contributed by atoms with Gasteiger partial charge in [-0.1, -0.05) is 12.8 Å². The Morgan fingerprint density at radius 1 is 0.923 bits per heavy atom. The van der Waals surface area contributed by atoms with Crippen molar-refractivity contribution in [3.05, 3.63) is 0 Å². The maximum Gasteiger partial charge on any atom is 0.0207 e. The van der Waals surface area contributed by atoms with E-state index in [1.54, 1.807) is 0 Å². The van der Waals surface area contributed by atoms with Crippen LogP contribution in [-0.2, 0) is 0 Å². The molecule has 1 saturated carbocycles. The summed E-state index contributed by atoms with van der Waals surface area (Å²) in [7, 11) is 0. The van der Waals surface area contributed by atoms with E-state index in [-0.39, 0.29) is 24.8 Å². The first-order valence-corrected chi connectivity index (χ1v) is 4.92. The summed E-state index contributed by atoms with van der Waals surface area (Å²) in [6.45, 7) is 2.40. The highest BCUT2D eigenvalue weighted by molar-refractivity contribution is 5.85. The third-order valence-corrected chi connectivity index (χ3v) is 2.89. The lowest BCUT2D eigenvalue weighted by Crippen LogP contribution is -2.37. The second kappa shape index (κ2) is 6.88. The summed E-state index contributed by atoms with van der Waals surface area (Å²) in [5.74, 6) is 0. The number of rotatable bonds is 2. The van der Waals surface area contributed by atoms with Crippen LogP contribution in [-0.4, -0.2) is 25.2 Å². The average molecular weight is 227 g/mol. The highest BCUT2D eigenvalue weighted by Gasteiger charge is 2.20. The van der Waals surface area contributed by atoms with Gasteiger partial charge in [-0.3, -0.25) is 0 Å². The van der Waals surface area contributed by atoms with Gasteiger partial charge in [-0.25, -0.2) is 0 Å². The Labute approximate surface area is 93.1 Å². The molecule has 1 heterocycles. The highest BCUT2D eigenvalue weighted by Crippen LogP contribution is 2.18. The number of halogens is 2. The zero-order valence-corrected chi connectivity index (χ0v) is 9.55. The molecule has 2 rings (SSSR count). The lowest BCUT2D eigenvalue weighted by Gasteiger charge is -2.16. The first-order chi connectivity index (χ1) is 5.45. The molecular formula is C9H20Cl2N2. The van der Waals surface area contributed by atoms with Crippen LogP contribution in [0.1, 0.15) is 32.1 Å². The molecule has 0 radical (unpaired) electrons. The van der Waals surface area contributed by atoms with Crippen LogP contribution < -0.4 is 10.6 Å². The zero-order valence-electron chi connectivity index (χ0n) is 7.92. The summed E-state index contributed by atoms with van der Waals surface area (Å²) >= 11 is 0. The van der Waals surface area contributed by atoms with Crippen molar-refractivity contribution in [3.8, 4) is 0 Å². The van der Waals surface area contributed by atoms with Crippen molar-refractivity contribution < 1.29 is 0 Å². The van der Waals surface area contributed by atoms with Gasteiger partial charge >= 0.3 is 0 Å². The summed E-state index contributed by atoms with van der Waals surface area (Å²) in [5, 5.41) is 7.10. The van der Waals surface area contributed by atoms with Crippen molar-refractivity contribution in [2.24, 2.45) is 0 Å². The van der Waals surface area contributed by atoms with Crippen molar-refractivity contribution in [1.82, 2.24) is 10.6 Å². The minimum Gasteiger partial charge on any atom is -0.315 e. The molecule has 0 amide bonds. The van der Waals surface area contributed by atoms with Gasteiger partial charge in [0.05, 0.1) is 0 Å². The molecule has 1 saturated heterocycles. The Morgan fingerprint density at radius 3 is 2.15 bits per heavy atom. The van der Waals surface area contributed by atoms with Gasteiger partial charge in [0.15, 0.2) is 0 Å². The van der Waals surface area contributed by atoms with Crippen molar-refractivity contribution in [1.29, 1.82) is 0 Å². The Kier molecular flexibility index (Phi) is 7.15. The summed E-state index contributed by atoms with van der Waals surface area (Å²) in [4.78, 5) is 0. The van der Waals surface area contributed by atoms with Crippen molar-refractivity contribution in [3.63, 3.8) is 0 Å². The predicted molar refractivity (Wildman–Crippen MR) is 61.2 cm³/mol. The van der Waals surface area contributed by atoms with E-state index < -0.39 is 0 Å². The van der Waals surface area contributed by atoms with Crippen LogP contribution in [0.5, 0.6) is 0 Å². The fraction of sp³-hybridized carbons (Fsp3) is 1.00. The normalized spacial score (nSPS) is 28.2. The highest BCUT2D eigenvalue weighted by atomic mass is 35.5. The van der Waals surface area contributed by atoms with E-state index in [1.807, 2.05) is 0 Å². The Balaban J connectivity index is 0.000000720. The van der Waals surface area contributed by atoms with Gasteiger partial charge in [-0.05, 0) is 25.8 Å². The van der Waals surface area contributed by atoms with Gasteiger partial charge in [0.1, 0.15) is 0 Å². The molecule has 0 aromatic carbocycles. The lowest BCUT2D eigenvalue weighted by molar-refractivity contribution is 0.449. The van der Waals surface area contributed by atoms with Gasteiger partial charge in [0.2, 0.25) is 0 Å². The molecule has 2 aliphatic rings. The van der Waals surface area contributed by atoms with Gasteiger partial charge in [-0.2, -0.15) is 0 Å². The molecule has 0 aromatic rings. The van der Waals surface area contributed by atoms with Gasteiger partial charge in [0, 0.05) is 18.6 Å². The maximum atomic E-state index is 3.72. The van der Waals surface area contributed by atoms with Crippen LogP contribution in [0, 0.1) is 0 Å². The largest absolute Gasteiger partial charge is 0.315 e. The Morgan fingerprint density at radius 2 is 1.62 bits per heavy atom. The molecule has 0 unspecified atom stereocenters. The molecule has 4 heteroatoms. The van der Waals surface area contributed by atoms with Gasteiger partial charge < -0.3 is 10.6 Å². The molecule has 0 aromatic heterocycles. The van der Waals surface area contributed by atoms with Crippen LogP contribution in [0.25, 0.3) is 0 Å². The number of nitrogens with one attached hydrogen (secondary N) is 2. The quantitative estimate of drug-likeness (QED) is 0.750. The average Bonchev–Trinajstić information content (AvgIpc) is 2.60. The maximum absolute atomic E-state index is 3.72. The van der Waals surface area contributed by atoms with E-state index >= 15 is 0 Å². The third kappa shape index (κ3) is 4.03. The molecule has 1 aliphatic heterocycles. The van der Waals surface area contributed by atoms with E-state index in [2.05, 4.69) is 10.6 Å². The van der Waals surface area contributed by atoms with Crippen LogP contribution in [0.3, 0.4) is 0 Å². The summed E-state index contributed by atoms with van der Waals surface area (Å²) in [5.41, 5.74) is 0. The molecule has 1 aliphatic carbocycles. The predicted octanol–water partition coefficient (Wildman–Crippen LogP) is 1.72. The van der Waals surface area contributed by atoms with Crippen LogP contribution >= 0.6 is 24.8 Å². The monoisotopic (exact) mass is 226 g/mol. The van der Waals surface area contributed by atoms with E-state index in [4.69, 9.17) is 0 Å². The number of hydrogen-bond donors (Lipinski definition) is 2. The summed E-state index contributed by atoms with van der Waals surface area (Å²) in [6.07, 6.45) is 7.04. The van der Waals surface area contributed by atoms with Crippen LogP contribution in [0.15, 0.2) is 0 Å². The van der Waals surface area contributed by atoms with Crippen molar-refractivity contribution in [2.45, 2.75) is 44.2 Å². The molecule has 80 valence electrons. The first-order valence-electron chi connectivity index (χ1n) is 4.92. The van der Waals surface area contributed by atoms with E-state index in [1.165, 1.54) is 45.2 Å². The van der Waals surface area contributed by atoms with Crippen molar-refractivity contribution >= 4 is 24.8 Å². The molecule has 1 atom stereocenters. The zero-order chi connectivity index (χ0) is 7.52. The standard InChI is InChI=1S/C9H18N2.2ClH/c1-2-4-8(3-1)11-9-5-6-10-7-9;;/h8-11H,1-7H2;2*1H/t9-;;/m1../s1. The first kappa shape index (κ1) is 13.5. The molecule has 2 nitrogen and oxygen atoms in total. The topological polar surface area (TPSA) is 24.1 Å². The molecular weight excluding hydrogens is 207 g/mol. The smallest absolute Gasteiger partial charge is 0.0207 e. The summed E-state index contributed by atoms with van der Waals surface area (Å²) < 4.78 is 0. The van der Waals surface area contributed by atoms with Gasteiger partial charge in [-0.15, -0.1) is 24.8 Å². The Hall–Kier alpha value is 0.500. The molecule has 0 bridgehead atoms.